The third kappa shape index (κ3) is 3.56. The van der Waals surface area contributed by atoms with Crippen LogP contribution in [0.3, 0.4) is 0 Å². The van der Waals surface area contributed by atoms with Gasteiger partial charge in [-0.2, -0.15) is 0 Å². The maximum Gasteiger partial charge on any atom is 0.0543 e. The third-order valence-electron chi connectivity index (χ3n) is 3.36. The fourth-order valence-electron chi connectivity index (χ4n) is 2.48. The van der Waals surface area contributed by atoms with Gasteiger partial charge in [-0.15, -0.1) is 0 Å². The molecule has 0 aliphatic heterocycles. The molecule has 0 radical (unpaired) electrons. The summed E-state index contributed by atoms with van der Waals surface area (Å²) in [6.07, 6.45) is 4.32. The Morgan fingerprint density at radius 3 is 2.79 bits per heavy atom. The SMILES string of the molecule is CCC1CCC(O)CC1CNCCN. The molecule has 14 heavy (non-hydrogen) atoms. The number of hydrogen-bond donors (Lipinski definition) is 3. The zero-order chi connectivity index (χ0) is 10.4. The smallest absolute Gasteiger partial charge is 0.0543 e. The Hall–Kier alpha value is -0.120. The Bertz CT molecular complexity index is 152. The van der Waals surface area contributed by atoms with E-state index in [4.69, 9.17) is 5.73 Å². The van der Waals surface area contributed by atoms with Crippen molar-refractivity contribution in [2.45, 2.75) is 38.7 Å². The van der Waals surface area contributed by atoms with Crippen molar-refractivity contribution in [2.75, 3.05) is 19.6 Å². The lowest BCUT2D eigenvalue weighted by Gasteiger charge is -2.33. The van der Waals surface area contributed by atoms with Gasteiger partial charge in [-0.05, 0) is 37.6 Å². The second-order valence-electron chi connectivity index (χ2n) is 4.39. The predicted molar refractivity (Wildman–Crippen MR) is 59.1 cm³/mol. The normalized spacial score (nSPS) is 33.2. The highest BCUT2D eigenvalue weighted by Crippen LogP contribution is 2.31. The number of nitrogens with one attached hydrogen (secondary N) is 1. The van der Waals surface area contributed by atoms with Crippen LogP contribution in [0.25, 0.3) is 0 Å². The van der Waals surface area contributed by atoms with Gasteiger partial charge < -0.3 is 16.2 Å². The minimum Gasteiger partial charge on any atom is -0.393 e. The van der Waals surface area contributed by atoms with Crippen molar-refractivity contribution in [1.29, 1.82) is 0 Å². The molecule has 3 unspecified atom stereocenters. The second-order valence-corrected chi connectivity index (χ2v) is 4.39. The summed E-state index contributed by atoms with van der Waals surface area (Å²) in [4.78, 5) is 0. The van der Waals surface area contributed by atoms with Crippen molar-refractivity contribution in [3.63, 3.8) is 0 Å². The van der Waals surface area contributed by atoms with Crippen molar-refractivity contribution in [3.05, 3.63) is 0 Å². The average molecular weight is 200 g/mol. The van der Waals surface area contributed by atoms with Crippen molar-refractivity contribution in [2.24, 2.45) is 17.6 Å². The second kappa shape index (κ2) is 6.38. The van der Waals surface area contributed by atoms with Crippen LogP contribution in [0.2, 0.25) is 0 Å². The molecule has 0 saturated heterocycles. The fraction of sp³-hybridized carbons (Fsp3) is 1.00. The van der Waals surface area contributed by atoms with Gasteiger partial charge in [0.25, 0.3) is 0 Å². The highest BCUT2D eigenvalue weighted by atomic mass is 16.3. The van der Waals surface area contributed by atoms with Crippen LogP contribution in [0.5, 0.6) is 0 Å². The van der Waals surface area contributed by atoms with E-state index in [1.807, 2.05) is 0 Å². The molecular formula is C11H24N2O. The van der Waals surface area contributed by atoms with E-state index in [-0.39, 0.29) is 6.10 Å². The Morgan fingerprint density at radius 1 is 1.36 bits per heavy atom. The van der Waals surface area contributed by atoms with Gasteiger partial charge in [0.2, 0.25) is 0 Å². The molecule has 1 aliphatic rings. The quantitative estimate of drug-likeness (QED) is 0.573. The van der Waals surface area contributed by atoms with Crippen molar-refractivity contribution >= 4 is 0 Å². The predicted octanol–water partition coefficient (Wildman–Crippen LogP) is 0.722. The maximum absolute atomic E-state index is 9.60. The van der Waals surface area contributed by atoms with Gasteiger partial charge in [-0.3, -0.25) is 0 Å². The van der Waals surface area contributed by atoms with Crippen LogP contribution in [0.4, 0.5) is 0 Å². The third-order valence-corrected chi connectivity index (χ3v) is 3.36. The van der Waals surface area contributed by atoms with Crippen LogP contribution >= 0.6 is 0 Å². The molecule has 84 valence electrons. The lowest BCUT2D eigenvalue weighted by atomic mass is 9.76. The molecule has 4 N–H and O–H groups in total. The first-order chi connectivity index (χ1) is 6.77. The molecule has 0 amide bonds. The van der Waals surface area contributed by atoms with E-state index < -0.39 is 0 Å². The van der Waals surface area contributed by atoms with E-state index in [2.05, 4.69) is 12.2 Å². The van der Waals surface area contributed by atoms with Crippen LogP contribution in [0.1, 0.15) is 32.6 Å². The van der Waals surface area contributed by atoms with Gasteiger partial charge in [0, 0.05) is 13.1 Å². The van der Waals surface area contributed by atoms with E-state index in [9.17, 15) is 5.11 Å². The molecule has 0 bridgehead atoms. The monoisotopic (exact) mass is 200 g/mol. The van der Waals surface area contributed by atoms with E-state index >= 15 is 0 Å². The minimum atomic E-state index is -0.0672. The molecule has 3 nitrogen and oxygen atoms in total. The highest BCUT2D eigenvalue weighted by molar-refractivity contribution is 4.80. The molecule has 3 heteroatoms. The van der Waals surface area contributed by atoms with Gasteiger partial charge in [0.15, 0.2) is 0 Å². The Kier molecular flexibility index (Phi) is 5.45. The number of nitrogens with two attached hydrogens (primary N) is 1. The van der Waals surface area contributed by atoms with Crippen molar-refractivity contribution in [1.82, 2.24) is 5.32 Å². The summed E-state index contributed by atoms with van der Waals surface area (Å²) in [5.74, 6) is 1.44. The van der Waals surface area contributed by atoms with E-state index in [0.29, 0.717) is 12.5 Å². The Morgan fingerprint density at radius 2 is 2.14 bits per heavy atom. The lowest BCUT2D eigenvalue weighted by molar-refractivity contribution is 0.0670. The largest absolute Gasteiger partial charge is 0.393 e. The van der Waals surface area contributed by atoms with Crippen LogP contribution in [-0.4, -0.2) is 30.8 Å². The molecule has 1 saturated carbocycles. The van der Waals surface area contributed by atoms with E-state index in [1.165, 1.54) is 12.8 Å². The van der Waals surface area contributed by atoms with Crippen LogP contribution in [-0.2, 0) is 0 Å². The Labute approximate surface area is 87.1 Å². The number of hydrogen-bond acceptors (Lipinski definition) is 3. The molecule has 0 spiro atoms. The number of aliphatic hydroxyl groups is 1. The minimum absolute atomic E-state index is 0.0672. The Balaban J connectivity index is 2.29. The number of aliphatic hydroxyl groups excluding tert-OH is 1. The first-order valence-electron chi connectivity index (χ1n) is 5.86. The molecule has 0 aromatic rings. The molecule has 1 fully saturated rings. The first kappa shape index (κ1) is 12.0. The molecule has 1 rings (SSSR count). The van der Waals surface area contributed by atoms with Crippen LogP contribution in [0.15, 0.2) is 0 Å². The van der Waals surface area contributed by atoms with Crippen LogP contribution in [0, 0.1) is 11.8 Å². The molecule has 3 atom stereocenters. The first-order valence-corrected chi connectivity index (χ1v) is 5.86. The lowest BCUT2D eigenvalue weighted by Crippen LogP contribution is -2.36. The molecular weight excluding hydrogens is 176 g/mol. The fourth-order valence-corrected chi connectivity index (χ4v) is 2.48. The molecule has 0 heterocycles. The highest BCUT2D eigenvalue weighted by Gasteiger charge is 2.27. The standard InChI is InChI=1S/C11H24N2O/c1-2-9-3-4-11(14)7-10(9)8-13-6-5-12/h9-11,13-14H,2-8,12H2,1H3. The van der Waals surface area contributed by atoms with Gasteiger partial charge in [0.05, 0.1) is 6.10 Å². The zero-order valence-electron chi connectivity index (χ0n) is 9.21. The molecule has 1 aliphatic carbocycles. The van der Waals surface area contributed by atoms with Crippen molar-refractivity contribution in [3.8, 4) is 0 Å². The number of rotatable bonds is 5. The summed E-state index contributed by atoms with van der Waals surface area (Å²) < 4.78 is 0. The van der Waals surface area contributed by atoms with Crippen LogP contribution < -0.4 is 11.1 Å². The average Bonchev–Trinajstić information content (AvgIpc) is 2.19. The van der Waals surface area contributed by atoms with Crippen molar-refractivity contribution < 1.29 is 5.11 Å². The summed E-state index contributed by atoms with van der Waals surface area (Å²) >= 11 is 0. The summed E-state index contributed by atoms with van der Waals surface area (Å²) in [6.45, 7) is 4.86. The van der Waals surface area contributed by atoms with Gasteiger partial charge in [0.1, 0.15) is 0 Å². The summed E-state index contributed by atoms with van der Waals surface area (Å²) in [6, 6.07) is 0. The van der Waals surface area contributed by atoms with E-state index in [1.54, 1.807) is 0 Å². The maximum atomic E-state index is 9.60. The zero-order valence-corrected chi connectivity index (χ0v) is 9.21. The summed E-state index contributed by atoms with van der Waals surface area (Å²) in [5.41, 5.74) is 5.43. The molecule has 0 aromatic carbocycles. The van der Waals surface area contributed by atoms with Gasteiger partial charge >= 0.3 is 0 Å². The van der Waals surface area contributed by atoms with Gasteiger partial charge in [-0.25, -0.2) is 0 Å². The topological polar surface area (TPSA) is 58.3 Å². The molecule has 0 aromatic heterocycles. The van der Waals surface area contributed by atoms with Gasteiger partial charge in [-0.1, -0.05) is 13.3 Å². The summed E-state index contributed by atoms with van der Waals surface area (Å²) in [7, 11) is 0. The summed E-state index contributed by atoms with van der Waals surface area (Å²) in [5, 5.41) is 13.0. The van der Waals surface area contributed by atoms with E-state index in [0.717, 1.165) is 31.8 Å².